The third kappa shape index (κ3) is 3.44. The van der Waals surface area contributed by atoms with Crippen molar-refractivity contribution in [1.29, 1.82) is 0 Å². The summed E-state index contributed by atoms with van der Waals surface area (Å²) in [4.78, 5) is 25.2. The Labute approximate surface area is 155 Å². The van der Waals surface area contributed by atoms with Gasteiger partial charge in [0.1, 0.15) is 11.1 Å². The summed E-state index contributed by atoms with van der Waals surface area (Å²) in [5.41, 5.74) is -0.164. The van der Waals surface area contributed by atoms with Crippen molar-refractivity contribution in [2.75, 3.05) is 5.75 Å². The fraction of sp³-hybridized carbons (Fsp3) is 0.545. The largest absolute Gasteiger partial charge is 0.477 e. The molecule has 0 spiro atoms. The summed E-state index contributed by atoms with van der Waals surface area (Å²) in [6.07, 6.45) is -0.902. The Morgan fingerprint density at radius 3 is 2.73 bits per heavy atom. The quantitative estimate of drug-likeness (QED) is 0.272. The second-order valence-electron chi connectivity index (χ2n) is 5.52. The van der Waals surface area contributed by atoms with Crippen LogP contribution in [0.25, 0.3) is 0 Å². The van der Waals surface area contributed by atoms with Gasteiger partial charge in [0.2, 0.25) is 11.1 Å². The number of nitrogens with zero attached hydrogens (tertiary/aromatic N) is 5. The van der Waals surface area contributed by atoms with Gasteiger partial charge in [0.15, 0.2) is 5.88 Å². The van der Waals surface area contributed by atoms with Gasteiger partial charge in [-0.1, -0.05) is 11.8 Å². The lowest BCUT2D eigenvalue weighted by molar-refractivity contribution is -0.156. The summed E-state index contributed by atoms with van der Waals surface area (Å²) in [5, 5.41) is 29.1. The van der Waals surface area contributed by atoms with Gasteiger partial charge in [-0.15, -0.1) is 16.9 Å². The Morgan fingerprint density at radius 1 is 1.46 bits per heavy atom. The molecule has 0 radical (unpaired) electrons. The Kier molecular flexibility index (Phi) is 5.00. The van der Waals surface area contributed by atoms with Crippen molar-refractivity contribution >= 4 is 45.5 Å². The third-order valence-electron chi connectivity index (χ3n) is 3.69. The zero-order valence-corrected chi connectivity index (χ0v) is 15.5. The smallest absolute Gasteiger partial charge is 0.353 e. The summed E-state index contributed by atoms with van der Waals surface area (Å²) < 4.78 is 31.7. The minimum absolute atomic E-state index is 0.0631. The fourth-order valence-electron chi connectivity index (χ4n) is 2.62. The molecule has 3 N–H and O–H groups in total. The van der Waals surface area contributed by atoms with Crippen LogP contribution in [-0.2, 0) is 25.6 Å². The summed E-state index contributed by atoms with van der Waals surface area (Å²) >= 11 is 2.12. The molecule has 1 amide bonds. The lowest BCUT2D eigenvalue weighted by atomic mass is 9.92. The van der Waals surface area contributed by atoms with E-state index in [-0.39, 0.29) is 16.6 Å². The van der Waals surface area contributed by atoms with E-state index in [4.69, 9.17) is 4.55 Å². The van der Waals surface area contributed by atoms with E-state index >= 15 is 0 Å². The third-order valence-corrected chi connectivity index (χ3v) is 6.80. The number of rotatable bonds is 7. The van der Waals surface area contributed by atoms with E-state index in [1.54, 1.807) is 0 Å². The van der Waals surface area contributed by atoms with Gasteiger partial charge in [0.05, 0.1) is 12.0 Å². The maximum atomic E-state index is 12.1. The maximum absolute atomic E-state index is 12.1. The number of carboxylic acids is 1. The van der Waals surface area contributed by atoms with Crippen LogP contribution in [0.4, 0.5) is 0 Å². The van der Waals surface area contributed by atoms with Crippen molar-refractivity contribution < 1.29 is 32.8 Å². The number of aliphatic carboxylic acids is 1. The Balaban J connectivity index is 1.77. The number of aliphatic hydroxyl groups is 1. The second-order valence-corrected chi connectivity index (χ2v) is 9.10. The van der Waals surface area contributed by atoms with Crippen LogP contribution in [0.3, 0.4) is 0 Å². The molecule has 26 heavy (non-hydrogen) atoms. The highest BCUT2D eigenvalue weighted by Gasteiger charge is 2.57. The summed E-state index contributed by atoms with van der Waals surface area (Å²) in [6.45, 7) is 1.47. The molecule has 1 aromatic heterocycles. The van der Waals surface area contributed by atoms with Crippen molar-refractivity contribution in [3.05, 3.63) is 10.6 Å². The van der Waals surface area contributed by atoms with E-state index in [0.29, 0.717) is 4.91 Å². The molecule has 2 aliphatic heterocycles. The van der Waals surface area contributed by atoms with Gasteiger partial charge in [0.25, 0.3) is 10.1 Å². The van der Waals surface area contributed by atoms with Gasteiger partial charge >= 0.3 is 5.97 Å². The number of aromatic nitrogens is 4. The van der Waals surface area contributed by atoms with Crippen molar-refractivity contribution in [3.63, 3.8) is 0 Å². The molecule has 0 saturated carbocycles. The highest BCUT2D eigenvalue weighted by Crippen LogP contribution is 2.51. The number of hydrogen-bond acceptors (Lipinski definition) is 10. The van der Waals surface area contributed by atoms with E-state index in [2.05, 4.69) is 15.5 Å². The molecule has 142 valence electrons. The average Bonchev–Trinajstić information content (AvgIpc) is 3.05. The van der Waals surface area contributed by atoms with E-state index < -0.39 is 45.3 Å². The first kappa shape index (κ1) is 19.1. The molecule has 0 aliphatic carbocycles. The van der Waals surface area contributed by atoms with Gasteiger partial charge in [-0.3, -0.25) is 14.2 Å². The Hall–Kier alpha value is -1.68. The van der Waals surface area contributed by atoms with Gasteiger partial charge in [-0.05, 0) is 17.4 Å². The van der Waals surface area contributed by atoms with Crippen LogP contribution in [0.1, 0.15) is 6.92 Å². The minimum atomic E-state index is -4.35. The van der Waals surface area contributed by atoms with Crippen LogP contribution < -0.4 is 0 Å². The van der Waals surface area contributed by atoms with Crippen LogP contribution in [0.15, 0.2) is 15.8 Å². The van der Waals surface area contributed by atoms with Crippen LogP contribution in [0, 0.1) is 5.92 Å². The first-order chi connectivity index (χ1) is 12.1. The van der Waals surface area contributed by atoms with Crippen molar-refractivity contribution in [2.45, 2.75) is 29.4 Å². The molecule has 12 nitrogen and oxygen atoms in total. The molecule has 1 unspecified atom stereocenters. The number of carbonyl (C=O) groups is 2. The molecule has 1 aromatic rings. The number of thioether (sulfide) groups is 2. The van der Waals surface area contributed by atoms with Gasteiger partial charge in [0, 0.05) is 10.7 Å². The predicted octanol–water partition coefficient (Wildman–Crippen LogP) is -1.18. The first-order valence-electron chi connectivity index (χ1n) is 7.08. The Morgan fingerprint density at radius 2 is 2.15 bits per heavy atom. The monoisotopic (exact) mass is 423 g/mol. The lowest BCUT2D eigenvalue weighted by Crippen LogP contribution is -2.60. The molecule has 2 aliphatic rings. The number of fused-ring (bicyclic) bond motifs is 1. The van der Waals surface area contributed by atoms with E-state index in [1.165, 1.54) is 6.92 Å². The number of carboxylic acid groups (broad SMARTS) is 1. The molecule has 0 bridgehead atoms. The summed E-state index contributed by atoms with van der Waals surface area (Å²) in [6, 6.07) is 0. The molecule has 3 atom stereocenters. The Bertz CT molecular complexity index is 896. The SMILES string of the molecule is CC(O)[C@H]1C(=O)N2C(C(=O)O)=C(CSc3nnnn3CS(=O)(=O)O)S[C@H]12. The number of aliphatic hydroxyl groups excluding tert-OH is 1. The van der Waals surface area contributed by atoms with Crippen LogP contribution in [0.5, 0.6) is 0 Å². The molecule has 3 rings (SSSR count). The predicted molar refractivity (Wildman–Crippen MR) is 88.1 cm³/mol. The molecular formula is C11H13N5O7S3. The zero-order chi connectivity index (χ0) is 19.2. The second kappa shape index (κ2) is 6.80. The van der Waals surface area contributed by atoms with E-state index in [1.807, 2.05) is 0 Å². The topological polar surface area (TPSA) is 176 Å². The molecule has 1 saturated heterocycles. The molecular weight excluding hydrogens is 410 g/mol. The molecule has 1 fully saturated rings. The van der Waals surface area contributed by atoms with Gasteiger partial charge < -0.3 is 10.2 Å². The number of β-lactam (4-membered cyclic amide) rings is 1. The first-order valence-corrected chi connectivity index (χ1v) is 10.6. The normalized spacial score (nSPS) is 23.8. The standard InChI is InChI=1S/C11H13N5O7S3/c1-4(17)6-8(18)16-7(10(19)20)5(25-9(6)16)2-24-11-12-13-14-15(11)3-26(21,22)23/h4,6,9,17H,2-3H2,1H3,(H,19,20)(H,21,22,23)/t4?,6-,9+/m0/s1. The van der Waals surface area contributed by atoms with E-state index in [0.717, 1.165) is 33.1 Å². The van der Waals surface area contributed by atoms with Crippen molar-refractivity contribution in [3.8, 4) is 0 Å². The lowest BCUT2D eigenvalue weighted by Gasteiger charge is -2.43. The zero-order valence-electron chi connectivity index (χ0n) is 13.1. The average molecular weight is 423 g/mol. The summed E-state index contributed by atoms with van der Waals surface area (Å²) in [7, 11) is -4.35. The van der Waals surface area contributed by atoms with Crippen molar-refractivity contribution in [2.24, 2.45) is 5.92 Å². The maximum Gasteiger partial charge on any atom is 0.353 e. The number of carbonyl (C=O) groups excluding carboxylic acids is 1. The molecule has 15 heteroatoms. The molecule has 0 aromatic carbocycles. The van der Waals surface area contributed by atoms with Gasteiger partial charge in [-0.2, -0.15) is 8.42 Å². The van der Waals surface area contributed by atoms with Crippen LogP contribution in [-0.4, -0.2) is 77.4 Å². The van der Waals surface area contributed by atoms with Crippen LogP contribution in [0.2, 0.25) is 0 Å². The van der Waals surface area contributed by atoms with Crippen LogP contribution >= 0.6 is 23.5 Å². The van der Waals surface area contributed by atoms with Gasteiger partial charge in [-0.25, -0.2) is 9.48 Å². The number of tetrazole rings is 1. The summed E-state index contributed by atoms with van der Waals surface area (Å²) in [5.74, 6) is -3.17. The highest BCUT2D eigenvalue weighted by atomic mass is 32.2. The number of hydrogen-bond donors (Lipinski definition) is 3. The minimum Gasteiger partial charge on any atom is -0.477 e. The highest BCUT2D eigenvalue weighted by molar-refractivity contribution is 8.06. The number of amides is 1. The van der Waals surface area contributed by atoms with E-state index in [9.17, 15) is 28.2 Å². The van der Waals surface area contributed by atoms with Crippen molar-refractivity contribution in [1.82, 2.24) is 25.1 Å². The molecule has 3 heterocycles. The fourth-order valence-corrected chi connectivity index (χ4v) is 5.77.